The maximum Gasteiger partial charge on any atom is 0.161 e. The summed E-state index contributed by atoms with van der Waals surface area (Å²) in [5, 5.41) is 9.59. The summed E-state index contributed by atoms with van der Waals surface area (Å²) in [6, 6.07) is 5.24. The minimum atomic E-state index is -0.332. The van der Waals surface area contributed by atoms with E-state index in [1.807, 2.05) is 24.3 Å². The van der Waals surface area contributed by atoms with Crippen molar-refractivity contribution in [3.05, 3.63) is 54.1 Å². The van der Waals surface area contributed by atoms with Crippen LogP contribution in [0.25, 0.3) is 6.08 Å². The van der Waals surface area contributed by atoms with E-state index in [1.165, 1.54) is 12.7 Å². The molecule has 0 heterocycles. The van der Waals surface area contributed by atoms with Crippen LogP contribution in [0.5, 0.6) is 11.5 Å². The molecule has 1 atom stereocenters. The smallest absolute Gasteiger partial charge is 0.161 e. The molecule has 1 aromatic carbocycles. The van der Waals surface area contributed by atoms with Crippen molar-refractivity contribution in [2.45, 2.75) is 45.6 Å². The molecule has 0 fully saturated rings. The van der Waals surface area contributed by atoms with Gasteiger partial charge < -0.3 is 14.6 Å². The molecule has 0 saturated heterocycles. The van der Waals surface area contributed by atoms with Crippen LogP contribution in [0.2, 0.25) is 0 Å². The molecule has 24 heavy (non-hydrogen) atoms. The van der Waals surface area contributed by atoms with Gasteiger partial charge in [-0.1, -0.05) is 42.9 Å². The second-order valence-electron chi connectivity index (χ2n) is 6.10. The van der Waals surface area contributed by atoms with Crippen LogP contribution in [0, 0.1) is 0 Å². The predicted octanol–water partition coefficient (Wildman–Crippen LogP) is 5.51. The zero-order chi connectivity index (χ0) is 18.0. The Morgan fingerprint density at radius 1 is 1.38 bits per heavy atom. The average molecular weight is 330 g/mol. The number of hydrogen-bond donors (Lipinski definition) is 1. The molecule has 1 aromatic rings. The predicted molar refractivity (Wildman–Crippen MR) is 102 cm³/mol. The van der Waals surface area contributed by atoms with Gasteiger partial charge in [0.05, 0.1) is 19.3 Å². The fraction of sp³-hybridized carbons (Fsp3) is 0.429. The SMILES string of the molecule is C=CC(C)(CC/C=C(\C)CC)OC/C=C/c1ccc(O)c(OC)c1. The van der Waals surface area contributed by atoms with E-state index in [-0.39, 0.29) is 11.4 Å². The molecule has 132 valence electrons. The van der Waals surface area contributed by atoms with E-state index in [0.29, 0.717) is 12.4 Å². The highest BCUT2D eigenvalue weighted by atomic mass is 16.5. The Bertz CT molecular complexity index is 587. The molecule has 0 aliphatic carbocycles. The molecule has 1 N–H and O–H groups in total. The van der Waals surface area contributed by atoms with Crippen molar-refractivity contribution < 1.29 is 14.6 Å². The lowest BCUT2D eigenvalue weighted by atomic mass is 9.99. The summed E-state index contributed by atoms with van der Waals surface area (Å²) in [5.74, 6) is 0.604. The molecule has 0 aliphatic heterocycles. The third kappa shape index (κ3) is 6.63. The van der Waals surface area contributed by atoms with Crippen LogP contribution >= 0.6 is 0 Å². The lowest BCUT2D eigenvalue weighted by Gasteiger charge is -2.25. The fourth-order valence-corrected chi connectivity index (χ4v) is 2.20. The minimum Gasteiger partial charge on any atom is -0.504 e. The van der Waals surface area contributed by atoms with Crippen LogP contribution in [-0.4, -0.2) is 24.4 Å². The summed E-state index contributed by atoms with van der Waals surface area (Å²) in [6.07, 6.45) is 11.0. The van der Waals surface area contributed by atoms with Crippen molar-refractivity contribution in [1.82, 2.24) is 0 Å². The largest absolute Gasteiger partial charge is 0.504 e. The van der Waals surface area contributed by atoms with Gasteiger partial charge in [0, 0.05) is 0 Å². The Kier molecular flexibility index (Phi) is 8.34. The van der Waals surface area contributed by atoms with Crippen molar-refractivity contribution in [1.29, 1.82) is 0 Å². The number of ether oxygens (including phenoxy) is 2. The second kappa shape index (κ2) is 9.99. The molecule has 0 spiro atoms. The van der Waals surface area contributed by atoms with E-state index in [2.05, 4.69) is 33.4 Å². The van der Waals surface area contributed by atoms with Crippen LogP contribution in [0.1, 0.15) is 45.6 Å². The topological polar surface area (TPSA) is 38.7 Å². The van der Waals surface area contributed by atoms with Crippen LogP contribution in [-0.2, 0) is 4.74 Å². The van der Waals surface area contributed by atoms with Gasteiger partial charge in [-0.2, -0.15) is 0 Å². The maximum atomic E-state index is 9.59. The van der Waals surface area contributed by atoms with E-state index in [4.69, 9.17) is 9.47 Å². The summed E-state index contributed by atoms with van der Waals surface area (Å²) < 4.78 is 11.1. The first-order chi connectivity index (χ1) is 11.4. The molecule has 0 radical (unpaired) electrons. The third-order valence-electron chi connectivity index (χ3n) is 4.15. The van der Waals surface area contributed by atoms with Gasteiger partial charge in [-0.25, -0.2) is 0 Å². The summed E-state index contributed by atoms with van der Waals surface area (Å²) in [7, 11) is 1.54. The van der Waals surface area contributed by atoms with Crippen LogP contribution in [0.15, 0.2) is 48.6 Å². The van der Waals surface area contributed by atoms with Crippen LogP contribution in [0.4, 0.5) is 0 Å². The maximum absolute atomic E-state index is 9.59. The molecule has 0 aliphatic rings. The Hall–Kier alpha value is -2.00. The van der Waals surface area contributed by atoms with Crippen molar-refractivity contribution in [2.24, 2.45) is 0 Å². The molecular formula is C21H30O3. The Morgan fingerprint density at radius 3 is 2.75 bits per heavy atom. The normalized spacial score (nSPS) is 14.6. The Labute approximate surface area is 146 Å². The molecule has 3 nitrogen and oxygen atoms in total. The molecule has 0 amide bonds. The van der Waals surface area contributed by atoms with E-state index >= 15 is 0 Å². The van der Waals surface area contributed by atoms with Gasteiger partial charge in [0.1, 0.15) is 0 Å². The lowest BCUT2D eigenvalue weighted by molar-refractivity contribution is 0.0182. The van der Waals surface area contributed by atoms with Gasteiger partial charge in [0.25, 0.3) is 0 Å². The number of hydrogen-bond acceptors (Lipinski definition) is 3. The van der Waals surface area contributed by atoms with Gasteiger partial charge in [-0.3, -0.25) is 0 Å². The zero-order valence-electron chi connectivity index (χ0n) is 15.3. The highest BCUT2D eigenvalue weighted by Crippen LogP contribution is 2.27. The molecule has 1 rings (SSSR count). The molecular weight excluding hydrogens is 300 g/mol. The highest BCUT2D eigenvalue weighted by Gasteiger charge is 2.19. The van der Waals surface area contributed by atoms with Crippen molar-refractivity contribution in [3.8, 4) is 11.5 Å². The number of methoxy groups -OCH3 is 1. The van der Waals surface area contributed by atoms with E-state index in [9.17, 15) is 5.11 Å². The van der Waals surface area contributed by atoms with Crippen LogP contribution < -0.4 is 4.74 Å². The first-order valence-corrected chi connectivity index (χ1v) is 8.41. The molecule has 0 aromatic heterocycles. The third-order valence-corrected chi connectivity index (χ3v) is 4.15. The molecule has 1 unspecified atom stereocenters. The molecule has 0 saturated carbocycles. The van der Waals surface area contributed by atoms with Gasteiger partial charge in [-0.05, 0) is 50.8 Å². The van der Waals surface area contributed by atoms with Gasteiger partial charge in [-0.15, -0.1) is 6.58 Å². The standard InChI is InChI=1S/C21H30O3/c1-6-17(3)10-8-14-21(4,7-2)24-15-9-11-18-12-13-19(22)20(16-18)23-5/h7,9-13,16,22H,2,6,8,14-15H2,1,3-5H3/b11-9+,17-10+. The van der Waals surface area contributed by atoms with Crippen molar-refractivity contribution >= 4 is 6.08 Å². The Balaban J connectivity index is 2.55. The zero-order valence-corrected chi connectivity index (χ0v) is 15.3. The summed E-state index contributed by atoms with van der Waals surface area (Å²) in [5.41, 5.74) is 2.03. The molecule has 3 heteroatoms. The lowest BCUT2D eigenvalue weighted by Crippen LogP contribution is -2.25. The highest BCUT2D eigenvalue weighted by molar-refractivity contribution is 5.55. The average Bonchev–Trinajstić information content (AvgIpc) is 2.59. The first kappa shape index (κ1) is 20.0. The van der Waals surface area contributed by atoms with E-state index < -0.39 is 0 Å². The summed E-state index contributed by atoms with van der Waals surface area (Å²) >= 11 is 0. The second-order valence-corrected chi connectivity index (χ2v) is 6.10. The number of phenolic OH excluding ortho intramolecular Hbond substituents is 1. The van der Waals surface area contributed by atoms with Crippen molar-refractivity contribution in [2.75, 3.05) is 13.7 Å². The number of phenols is 1. The van der Waals surface area contributed by atoms with Crippen molar-refractivity contribution in [3.63, 3.8) is 0 Å². The number of allylic oxidation sites excluding steroid dienone is 2. The fourth-order valence-electron chi connectivity index (χ4n) is 2.20. The summed E-state index contributed by atoms with van der Waals surface area (Å²) in [6.45, 7) is 10.8. The van der Waals surface area contributed by atoms with Crippen LogP contribution in [0.3, 0.4) is 0 Å². The summed E-state index contributed by atoms with van der Waals surface area (Å²) in [4.78, 5) is 0. The van der Waals surface area contributed by atoms with Gasteiger partial charge >= 0.3 is 0 Å². The van der Waals surface area contributed by atoms with Gasteiger partial charge in [0.15, 0.2) is 11.5 Å². The van der Waals surface area contributed by atoms with Gasteiger partial charge in [0.2, 0.25) is 0 Å². The quantitative estimate of drug-likeness (QED) is 0.575. The van der Waals surface area contributed by atoms with E-state index in [1.54, 1.807) is 12.1 Å². The first-order valence-electron chi connectivity index (χ1n) is 8.41. The Morgan fingerprint density at radius 2 is 2.12 bits per heavy atom. The number of benzene rings is 1. The monoisotopic (exact) mass is 330 g/mol. The molecule has 0 bridgehead atoms. The number of aromatic hydroxyl groups is 1. The number of rotatable bonds is 10. The minimum absolute atomic E-state index is 0.139. The van der Waals surface area contributed by atoms with E-state index in [0.717, 1.165) is 24.8 Å².